The quantitative estimate of drug-likeness (QED) is 0.794. The van der Waals surface area contributed by atoms with E-state index in [1.165, 1.54) is 17.0 Å². The molecule has 0 spiro atoms. The largest absolute Gasteiger partial charge is 0.383 e. The van der Waals surface area contributed by atoms with E-state index in [1.54, 1.807) is 6.07 Å². The molecular formula is C10H9ClFNO2. The van der Waals surface area contributed by atoms with Crippen LogP contribution in [-0.2, 0) is 4.79 Å². The molecule has 1 unspecified atom stereocenters. The van der Waals surface area contributed by atoms with E-state index in [0.717, 1.165) is 0 Å². The molecule has 2 rings (SSSR count). The number of carbonyl (C=O) groups is 1. The van der Waals surface area contributed by atoms with Crippen LogP contribution in [0, 0.1) is 5.82 Å². The van der Waals surface area contributed by atoms with Crippen molar-refractivity contribution in [2.75, 3.05) is 11.4 Å². The van der Waals surface area contributed by atoms with Crippen LogP contribution in [0.5, 0.6) is 0 Å². The molecule has 1 amide bonds. The maximum absolute atomic E-state index is 13.1. The van der Waals surface area contributed by atoms with Gasteiger partial charge >= 0.3 is 0 Å². The minimum Gasteiger partial charge on any atom is -0.383 e. The van der Waals surface area contributed by atoms with E-state index in [2.05, 4.69) is 0 Å². The number of aliphatic hydroxyl groups excluding tert-OH is 1. The normalized spacial score (nSPS) is 21.1. The Hall–Kier alpha value is -1.13. The predicted molar refractivity (Wildman–Crippen MR) is 54.4 cm³/mol. The molecule has 15 heavy (non-hydrogen) atoms. The van der Waals surface area contributed by atoms with E-state index in [-0.39, 0.29) is 5.02 Å². The SMILES string of the molecule is O=C1C(O)CCN1c1ccc(Cl)c(F)c1. The molecule has 3 nitrogen and oxygen atoms in total. The van der Waals surface area contributed by atoms with Gasteiger partial charge in [-0.15, -0.1) is 0 Å². The highest BCUT2D eigenvalue weighted by molar-refractivity contribution is 6.30. The summed E-state index contributed by atoms with van der Waals surface area (Å²) in [4.78, 5) is 12.8. The molecule has 1 aliphatic heterocycles. The van der Waals surface area contributed by atoms with Gasteiger partial charge in [0.2, 0.25) is 0 Å². The molecule has 1 N–H and O–H groups in total. The fraction of sp³-hybridized carbons (Fsp3) is 0.300. The van der Waals surface area contributed by atoms with Crippen LogP contribution in [0.2, 0.25) is 5.02 Å². The number of halogens is 2. The van der Waals surface area contributed by atoms with Crippen LogP contribution in [0.1, 0.15) is 6.42 Å². The van der Waals surface area contributed by atoms with Gasteiger partial charge in [0.1, 0.15) is 11.9 Å². The van der Waals surface area contributed by atoms with E-state index >= 15 is 0 Å². The molecule has 1 aromatic rings. The highest BCUT2D eigenvalue weighted by atomic mass is 35.5. The summed E-state index contributed by atoms with van der Waals surface area (Å²) < 4.78 is 13.1. The molecule has 0 saturated carbocycles. The summed E-state index contributed by atoms with van der Waals surface area (Å²) in [6.07, 6.45) is -0.591. The zero-order chi connectivity index (χ0) is 11.0. The molecule has 0 radical (unpaired) electrons. The van der Waals surface area contributed by atoms with Crippen molar-refractivity contribution in [1.82, 2.24) is 0 Å². The van der Waals surface area contributed by atoms with E-state index < -0.39 is 17.8 Å². The average Bonchev–Trinajstić information content (AvgIpc) is 2.53. The molecule has 1 saturated heterocycles. The summed E-state index contributed by atoms with van der Waals surface area (Å²) in [5, 5.41) is 9.26. The molecule has 1 atom stereocenters. The van der Waals surface area contributed by atoms with Crippen molar-refractivity contribution in [3.63, 3.8) is 0 Å². The van der Waals surface area contributed by atoms with Crippen molar-refractivity contribution in [1.29, 1.82) is 0 Å². The lowest BCUT2D eigenvalue weighted by Crippen LogP contribution is -2.29. The zero-order valence-corrected chi connectivity index (χ0v) is 8.54. The van der Waals surface area contributed by atoms with Crippen LogP contribution in [0.3, 0.4) is 0 Å². The number of hydrogen-bond donors (Lipinski definition) is 1. The van der Waals surface area contributed by atoms with Gasteiger partial charge < -0.3 is 10.0 Å². The highest BCUT2D eigenvalue weighted by Gasteiger charge is 2.30. The molecule has 0 aromatic heterocycles. The van der Waals surface area contributed by atoms with Crippen molar-refractivity contribution in [2.45, 2.75) is 12.5 Å². The number of carbonyl (C=O) groups excluding carboxylic acids is 1. The van der Waals surface area contributed by atoms with Crippen molar-refractivity contribution in [2.24, 2.45) is 0 Å². The predicted octanol–water partition coefficient (Wildman–Crippen LogP) is 1.58. The second kappa shape index (κ2) is 3.79. The number of benzene rings is 1. The third kappa shape index (κ3) is 1.82. The van der Waals surface area contributed by atoms with Gasteiger partial charge in [0.05, 0.1) is 5.02 Å². The first-order valence-corrected chi connectivity index (χ1v) is 4.92. The van der Waals surface area contributed by atoms with Crippen molar-refractivity contribution in [3.05, 3.63) is 29.0 Å². The molecule has 0 aliphatic carbocycles. The van der Waals surface area contributed by atoms with Crippen LogP contribution in [0.4, 0.5) is 10.1 Å². The smallest absolute Gasteiger partial charge is 0.255 e. The van der Waals surface area contributed by atoms with E-state index in [0.29, 0.717) is 18.7 Å². The number of amides is 1. The second-order valence-electron chi connectivity index (χ2n) is 3.39. The fourth-order valence-electron chi connectivity index (χ4n) is 1.57. The molecule has 0 bridgehead atoms. The Balaban J connectivity index is 2.31. The minimum atomic E-state index is -0.969. The van der Waals surface area contributed by atoms with Gasteiger partial charge in [-0.1, -0.05) is 11.6 Å². The maximum atomic E-state index is 13.1. The number of rotatable bonds is 1. The summed E-state index contributed by atoms with van der Waals surface area (Å²) in [7, 11) is 0. The summed E-state index contributed by atoms with van der Waals surface area (Å²) in [6, 6.07) is 4.14. The average molecular weight is 230 g/mol. The first kappa shape index (κ1) is 10.4. The molecular weight excluding hydrogens is 221 g/mol. The minimum absolute atomic E-state index is 0.0194. The van der Waals surface area contributed by atoms with Crippen LogP contribution in [0.15, 0.2) is 18.2 Å². The topological polar surface area (TPSA) is 40.5 Å². The lowest BCUT2D eigenvalue weighted by molar-refractivity contribution is -0.123. The number of anilines is 1. The van der Waals surface area contributed by atoms with Gasteiger partial charge in [0.25, 0.3) is 5.91 Å². The van der Waals surface area contributed by atoms with Crippen LogP contribution in [0.25, 0.3) is 0 Å². The third-order valence-electron chi connectivity index (χ3n) is 2.39. The van der Waals surface area contributed by atoms with E-state index in [4.69, 9.17) is 11.6 Å². The van der Waals surface area contributed by atoms with Crippen molar-refractivity contribution >= 4 is 23.2 Å². The Kier molecular flexibility index (Phi) is 2.63. The summed E-state index contributed by atoms with van der Waals surface area (Å²) in [5.41, 5.74) is 0.429. The van der Waals surface area contributed by atoms with Crippen LogP contribution in [-0.4, -0.2) is 23.7 Å². The Morgan fingerprint density at radius 1 is 1.53 bits per heavy atom. The second-order valence-corrected chi connectivity index (χ2v) is 3.80. The lowest BCUT2D eigenvalue weighted by Gasteiger charge is -2.15. The van der Waals surface area contributed by atoms with E-state index in [9.17, 15) is 14.3 Å². The monoisotopic (exact) mass is 229 g/mol. The Morgan fingerprint density at radius 3 is 2.80 bits per heavy atom. The molecule has 1 heterocycles. The molecule has 1 aliphatic rings. The Bertz CT molecular complexity index is 410. The number of hydrogen-bond acceptors (Lipinski definition) is 2. The van der Waals surface area contributed by atoms with Gasteiger partial charge in [-0.3, -0.25) is 4.79 Å². The van der Waals surface area contributed by atoms with Crippen molar-refractivity contribution < 1.29 is 14.3 Å². The zero-order valence-electron chi connectivity index (χ0n) is 7.78. The van der Waals surface area contributed by atoms with Crippen molar-refractivity contribution in [3.8, 4) is 0 Å². The van der Waals surface area contributed by atoms with Gasteiger partial charge in [0, 0.05) is 18.7 Å². The maximum Gasteiger partial charge on any atom is 0.255 e. The van der Waals surface area contributed by atoms with Gasteiger partial charge in [-0.25, -0.2) is 4.39 Å². The Morgan fingerprint density at radius 2 is 2.27 bits per heavy atom. The molecule has 5 heteroatoms. The molecule has 1 fully saturated rings. The number of aliphatic hydroxyl groups is 1. The molecule has 80 valence electrons. The summed E-state index contributed by atoms with van der Waals surface area (Å²) in [5.74, 6) is -0.958. The fourth-order valence-corrected chi connectivity index (χ4v) is 1.69. The van der Waals surface area contributed by atoms with Gasteiger partial charge in [-0.2, -0.15) is 0 Å². The number of nitrogens with zero attached hydrogens (tertiary/aromatic N) is 1. The first-order valence-electron chi connectivity index (χ1n) is 4.54. The van der Waals surface area contributed by atoms with Crippen LogP contribution < -0.4 is 4.90 Å². The summed E-state index contributed by atoms with van der Waals surface area (Å²) >= 11 is 5.52. The van der Waals surface area contributed by atoms with E-state index in [1.807, 2.05) is 0 Å². The van der Waals surface area contributed by atoms with Gasteiger partial charge in [0.15, 0.2) is 0 Å². The van der Waals surface area contributed by atoms with Crippen LogP contribution >= 0.6 is 11.6 Å². The standard InChI is InChI=1S/C10H9ClFNO2/c11-7-2-1-6(5-8(7)12)13-4-3-9(14)10(13)15/h1-2,5,9,14H,3-4H2. The first-order chi connectivity index (χ1) is 7.09. The van der Waals surface area contributed by atoms with Gasteiger partial charge in [-0.05, 0) is 18.2 Å². The third-order valence-corrected chi connectivity index (χ3v) is 2.70. The highest BCUT2D eigenvalue weighted by Crippen LogP contribution is 2.25. The Labute approximate surface area is 91.1 Å². The molecule has 1 aromatic carbocycles. The lowest BCUT2D eigenvalue weighted by atomic mass is 10.3. The summed E-state index contributed by atoms with van der Waals surface area (Å²) in [6.45, 7) is 0.404.